The van der Waals surface area contributed by atoms with Crippen molar-refractivity contribution in [1.82, 2.24) is 15.8 Å². The van der Waals surface area contributed by atoms with Crippen molar-refractivity contribution in [3.05, 3.63) is 65.0 Å². The van der Waals surface area contributed by atoms with Crippen molar-refractivity contribution in [1.29, 1.82) is 5.26 Å². The summed E-state index contributed by atoms with van der Waals surface area (Å²) in [6.45, 7) is 0. The number of benzene rings is 1. The van der Waals surface area contributed by atoms with Crippen LogP contribution in [-0.4, -0.2) is 36.2 Å². The Morgan fingerprint density at radius 1 is 1.28 bits per heavy atom. The molecule has 0 radical (unpaired) electrons. The van der Waals surface area contributed by atoms with E-state index < -0.39 is 41.5 Å². The van der Waals surface area contributed by atoms with E-state index in [2.05, 4.69) is 16.1 Å². The summed E-state index contributed by atoms with van der Waals surface area (Å²) in [6, 6.07) is 1.71. The molecule has 0 aromatic heterocycles. The Kier molecular flexibility index (Phi) is 5.30. The van der Waals surface area contributed by atoms with Gasteiger partial charge in [-0.1, -0.05) is 12.1 Å². The van der Waals surface area contributed by atoms with E-state index in [0.29, 0.717) is 0 Å². The summed E-state index contributed by atoms with van der Waals surface area (Å²) in [5.74, 6) is -2.79. The van der Waals surface area contributed by atoms with E-state index >= 15 is 0 Å². The SMILES string of the molecule is CN1NC(C(=O)Nc2c(F)cccc2F)C=C1C1=C(C#N)C=CC(C(F)(F)F)N1. The molecule has 0 saturated carbocycles. The molecule has 2 atom stereocenters. The fourth-order valence-corrected chi connectivity index (χ4v) is 2.84. The molecule has 152 valence electrons. The van der Waals surface area contributed by atoms with Gasteiger partial charge in [0, 0.05) is 7.05 Å². The van der Waals surface area contributed by atoms with Gasteiger partial charge in [-0.05, 0) is 24.3 Å². The number of halogens is 5. The lowest BCUT2D eigenvalue weighted by molar-refractivity contribution is -0.143. The number of nitrogens with one attached hydrogen (secondary N) is 3. The monoisotopic (exact) mass is 411 g/mol. The number of hydrogen-bond acceptors (Lipinski definition) is 5. The molecule has 0 spiro atoms. The summed E-state index contributed by atoms with van der Waals surface area (Å²) in [5, 5.41) is 14.8. The summed E-state index contributed by atoms with van der Waals surface area (Å²) in [7, 11) is 1.42. The Morgan fingerprint density at radius 2 is 1.93 bits per heavy atom. The van der Waals surface area contributed by atoms with Crippen LogP contribution >= 0.6 is 0 Å². The molecule has 1 aromatic carbocycles. The minimum Gasteiger partial charge on any atom is -0.368 e. The van der Waals surface area contributed by atoms with Crippen molar-refractivity contribution in [3.8, 4) is 6.07 Å². The summed E-state index contributed by atoms with van der Waals surface area (Å²) >= 11 is 0. The zero-order chi connectivity index (χ0) is 21.3. The van der Waals surface area contributed by atoms with Crippen LogP contribution in [0.25, 0.3) is 0 Å². The molecule has 2 aliphatic rings. The van der Waals surface area contributed by atoms with Crippen molar-refractivity contribution >= 4 is 11.6 Å². The summed E-state index contributed by atoms with van der Waals surface area (Å²) in [6.07, 6.45) is -1.48. The van der Waals surface area contributed by atoms with Crippen LogP contribution in [0.4, 0.5) is 27.6 Å². The van der Waals surface area contributed by atoms with Crippen molar-refractivity contribution in [3.63, 3.8) is 0 Å². The van der Waals surface area contributed by atoms with Crippen LogP contribution in [-0.2, 0) is 4.79 Å². The van der Waals surface area contributed by atoms with Crippen molar-refractivity contribution in [2.75, 3.05) is 12.4 Å². The van der Waals surface area contributed by atoms with Crippen LogP contribution in [0.5, 0.6) is 0 Å². The third-order valence-corrected chi connectivity index (χ3v) is 4.27. The normalized spacial score (nSPS) is 21.6. The molecule has 1 aromatic rings. The number of likely N-dealkylation sites (N-methyl/N-ethyl adjacent to an activating group) is 1. The van der Waals surface area contributed by atoms with Crippen LogP contribution in [0.15, 0.2) is 53.4 Å². The molecule has 0 bridgehead atoms. The number of allylic oxidation sites excluding steroid dienone is 2. The van der Waals surface area contributed by atoms with Crippen LogP contribution in [0.1, 0.15) is 0 Å². The van der Waals surface area contributed by atoms with Gasteiger partial charge < -0.3 is 15.6 Å². The maximum Gasteiger partial charge on any atom is 0.412 e. The number of alkyl halides is 3. The number of anilines is 1. The minimum atomic E-state index is -4.59. The highest BCUT2D eigenvalue weighted by molar-refractivity contribution is 5.96. The summed E-state index contributed by atoms with van der Waals surface area (Å²) in [4.78, 5) is 12.4. The molecular weight excluding hydrogens is 397 g/mol. The van der Waals surface area contributed by atoms with E-state index in [-0.39, 0.29) is 17.0 Å². The van der Waals surface area contributed by atoms with Gasteiger partial charge in [-0.15, -0.1) is 0 Å². The first-order valence-corrected chi connectivity index (χ1v) is 8.24. The molecule has 6 nitrogen and oxygen atoms in total. The number of rotatable bonds is 3. The van der Waals surface area contributed by atoms with E-state index in [1.807, 2.05) is 0 Å². The zero-order valence-electron chi connectivity index (χ0n) is 14.8. The highest BCUT2D eigenvalue weighted by Gasteiger charge is 2.41. The maximum absolute atomic E-state index is 13.7. The van der Waals surface area contributed by atoms with Crippen LogP contribution < -0.4 is 16.1 Å². The number of dihydropyridines is 1. The second kappa shape index (κ2) is 7.56. The number of hydrogen-bond donors (Lipinski definition) is 3. The van der Waals surface area contributed by atoms with Gasteiger partial charge in [-0.3, -0.25) is 4.79 Å². The van der Waals surface area contributed by atoms with E-state index in [4.69, 9.17) is 0 Å². The van der Waals surface area contributed by atoms with Gasteiger partial charge in [0.1, 0.15) is 35.5 Å². The zero-order valence-corrected chi connectivity index (χ0v) is 14.8. The molecule has 2 aliphatic heterocycles. The highest BCUT2D eigenvalue weighted by Crippen LogP contribution is 2.30. The Balaban J connectivity index is 1.86. The Morgan fingerprint density at radius 3 is 2.52 bits per heavy atom. The molecule has 3 N–H and O–H groups in total. The molecular formula is C18H14F5N5O. The second-order valence-electron chi connectivity index (χ2n) is 6.23. The van der Waals surface area contributed by atoms with Crippen molar-refractivity contribution in [2.45, 2.75) is 18.3 Å². The number of nitrogens with zero attached hydrogens (tertiary/aromatic N) is 2. The predicted molar refractivity (Wildman–Crippen MR) is 92.5 cm³/mol. The third-order valence-electron chi connectivity index (χ3n) is 4.27. The summed E-state index contributed by atoms with van der Waals surface area (Å²) < 4.78 is 66.6. The second-order valence-corrected chi connectivity index (χ2v) is 6.23. The largest absolute Gasteiger partial charge is 0.412 e. The Hall–Kier alpha value is -3.39. The topological polar surface area (TPSA) is 80.2 Å². The van der Waals surface area contributed by atoms with Gasteiger partial charge in [-0.2, -0.15) is 18.4 Å². The smallest absolute Gasteiger partial charge is 0.368 e. The molecule has 11 heteroatoms. The molecule has 2 heterocycles. The highest BCUT2D eigenvalue weighted by atomic mass is 19.4. The van der Waals surface area contributed by atoms with E-state index in [0.717, 1.165) is 30.4 Å². The van der Waals surface area contributed by atoms with Crippen LogP contribution in [0.3, 0.4) is 0 Å². The predicted octanol–water partition coefficient (Wildman–Crippen LogP) is 2.47. The fraction of sp³-hybridized carbons (Fsp3) is 0.222. The van der Waals surface area contributed by atoms with E-state index in [9.17, 15) is 32.0 Å². The van der Waals surface area contributed by atoms with E-state index in [1.165, 1.54) is 18.1 Å². The number of carbonyl (C=O) groups is 1. The average molecular weight is 411 g/mol. The number of para-hydroxylation sites is 1. The van der Waals surface area contributed by atoms with Gasteiger partial charge in [0.25, 0.3) is 0 Å². The molecule has 0 aliphatic carbocycles. The standard InChI is InChI=1S/C18H14F5N5O/c1-28-13(15-9(8-24)5-6-14(25-15)18(21,22)23)7-12(27-28)17(29)26-16-10(19)3-2-4-11(16)20/h2-7,12,14,25,27H,1H3,(H,26,29). The molecule has 0 saturated heterocycles. The number of hydrazine groups is 1. The minimum absolute atomic E-state index is 0.0633. The molecule has 1 amide bonds. The van der Waals surface area contributed by atoms with Gasteiger partial charge >= 0.3 is 6.18 Å². The van der Waals surface area contributed by atoms with Gasteiger partial charge in [-0.25, -0.2) is 14.2 Å². The third kappa shape index (κ3) is 4.07. The Labute approximate surface area is 161 Å². The van der Waals surface area contributed by atoms with Crippen molar-refractivity contribution in [2.24, 2.45) is 0 Å². The lowest BCUT2D eigenvalue weighted by Gasteiger charge is -2.28. The van der Waals surface area contributed by atoms with Crippen LogP contribution in [0.2, 0.25) is 0 Å². The van der Waals surface area contributed by atoms with E-state index in [1.54, 1.807) is 6.07 Å². The quantitative estimate of drug-likeness (QED) is 0.666. The summed E-state index contributed by atoms with van der Waals surface area (Å²) in [5.41, 5.74) is 1.93. The molecule has 0 fully saturated rings. The lowest BCUT2D eigenvalue weighted by atomic mass is 10.0. The van der Waals surface area contributed by atoms with Crippen LogP contribution in [0, 0.1) is 23.0 Å². The van der Waals surface area contributed by atoms with Crippen molar-refractivity contribution < 1.29 is 26.7 Å². The number of amides is 1. The molecule has 3 rings (SSSR count). The van der Waals surface area contributed by atoms with Gasteiger partial charge in [0.05, 0.1) is 17.0 Å². The molecule has 2 unspecified atom stereocenters. The average Bonchev–Trinajstić information content (AvgIpc) is 3.05. The Bertz CT molecular complexity index is 956. The lowest BCUT2D eigenvalue weighted by Crippen LogP contribution is -2.45. The first kappa shape index (κ1) is 20.3. The van der Waals surface area contributed by atoms with Gasteiger partial charge in [0.2, 0.25) is 5.91 Å². The fourth-order valence-electron chi connectivity index (χ4n) is 2.84. The maximum atomic E-state index is 13.7. The molecule has 29 heavy (non-hydrogen) atoms. The van der Waals surface area contributed by atoms with Gasteiger partial charge in [0.15, 0.2) is 0 Å². The number of carbonyl (C=O) groups excluding carboxylic acids is 1. The first-order valence-electron chi connectivity index (χ1n) is 8.24. The number of nitriles is 1. The first-order chi connectivity index (χ1) is 13.6.